The second kappa shape index (κ2) is 10.8. The van der Waals surface area contributed by atoms with Crippen LogP contribution in [0.5, 0.6) is 5.75 Å². The number of unbranched alkanes of at least 4 members (excludes halogenated alkanes) is 1. The van der Waals surface area contributed by atoms with Crippen molar-refractivity contribution in [1.82, 2.24) is 4.90 Å². The standard InChI is InChI=1S/C28H21Cl5N2O4/c1-3-4-11-39-16-9-6-14(7-10-16)24-25(28(38)34(24)15-8-5-13(2)17(29)12-15)35-26(36)18-19(27(35)37)21(31)23(33)22(32)20(18)30/h5-10,12,24-25H,3-4,11H2,1-2H3/t24-,25-/m0/s1. The van der Waals surface area contributed by atoms with Gasteiger partial charge in [-0.05, 0) is 48.7 Å². The summed E-state index contributed by atoms with van der Waals surface area (Å²) in [6.45, 7) is 4.51. The number of hydrogen-bond donors (Lipinski definition) is 0. The van der Waals surface area contributed by atoms with Gasteiger partial charge in [0.15, 0.2) is 0 Å². The van der Waals surface area contributed by atoms with Crippen molar-refractivity contribution in [2.75, 3.05) is 11.5 Å². The van der Waals surface area contributed by atoms with Gasteiger partial charge in [0.05, 0.1) is 43.9 Å². The third-order valence-electron chi connectivity index (χ3n) is 6.90. The molecule has 202 valence electrons. The number of hydrogen-bond acceptors (Lipinski definition) is 4. The van der Waals surface area contributed by atoms with E-state index in [1.165, 1.54) is 4.90 Å². The predicted molar refractivity (Wildman–Crippen MR) is 154 cm³/mol. The Labute approximate surface area is 250 Å². The van der Waals surface area contributed by atoms with Gasteiger partial charge < -0.3 is 9.64 Å². The molecule has 2 aliphatic rings. The Morgan fingerprint density at radius 2 is 1.36 bits per heavy atom. The Hall–Kier alpha value is -2.48. The summed E-state index contributed by atoms with van der Waals surface area (Å²) in [5.41, 5.74) is 1.70. The van der Waals surface area contributed by atoms with Crippen LogP contribution < -0.4 is 9.64 Å². The van der Waals surface area contributed by atoms with Gasteiger partial charge in [0.1, 0.15) is 11.8 Å². The molecule has 0 aliphatic carbocycles. The molecule has 5 rings (SSSR count). The normalized spacial score (nSPS) is 18.5. The van der Waals surface area contributed by atoms with E-state index in [0.29, 0.717) is 28.6 Å². The van der Waals surface area contributed by atoms with E-state index in [1.807, 2.05) is 6.92 Å². The molecule has 1 saturated heterocycles. The van der Waals surface area contributed by atoms with Crippen LogP contribution in [0.1, 0.15) is 57.7 Å². The highest BCUT2D eigenvalue weighted by molar-refractivity contribution is 6.55. The zero-order valence-electron chi connectivity index (χ0n) is 20.7. The molecule has 1 fully saturated rings. The molecule has 0 aromatic heterocycles. The fourth-order valence-corrected chi connectivity index (χ4v) is 5.98. The van der Waals surface area contributed by atoms with Crippen LogP contribution in [0.4, 0.5) is 5.69 Å². The SMILES string of the molecule is CCCCOc1ccc([C@H]2[C@H](N3C(=O)c4c(Cl)c(Cl)c(Cl)c(Cl)c4C3=O)C(=O)N2c2ccc(C)c(Cl)c2)cc1. The van der Waals surface area contributed by atoms with Crippen LogP contribution in [0.3, 0.4) is 0 Å². The van der Waals surface area contributed by atoms with Crippen LogP contribution >= 0.6 is 58.0 Å². The number of imide groups is 1. The summed E-state index contributed by atoms with van der Waals surface area (Å²) >= 11 is 31.4. The molecule has 11 heteroatoms. The fourth-order valence-electron chi connectivity index (χ4n) is 4.79. The lowest BCUT2D eigenvalue weighted by atomic mass is 9.86. The van der Waals surface area contributed by atoms with Gasteiger partial charge in [-0.1, -0.05) is 89.5 Å². The Morgan fingerprint density at radius 1 is 0.769 bits per heavy atom. The summed E-state index contributed by atoms with van der Waals surface area (Å²) in [6, 6.07) is 10.5. The Bertz CT molecular complexity index is 1480. The molecule has 2 aliphatic heterocycles. The summed E-state index contributed by atoms with van der Waals surface area (Å²) in [7, 11) is 0. The smallest absolute Gasteiger partial charge is 0.264 e. The highest BCUT2D eigenvalue weighted by Crippen LogP contribution is 2.49. The number of β-lactam (4-membered cyclic amide) rings is 1. The van der Waals surface area contributed by atoms with Crippen molar-refractivity contribution in [1.29, 1.82) is 0 Å². The van der Waals surface area contributed by atoms with E-state index in [2.05, 4.69) is 6.92 Å². The number of rotatable bonds is 7. The topological polar surface area (TPSA) is 66.9 Å². The minimum atomic E-state index is -1.17. The minimum absolute atomic E-state index is 0.142. The highest BCUT2D eigenvalue weighted by atomic mass is 35.5. The number of carbonyl (C=O) groups excluding carboxylic acids is 3. The zero-order valence-corrected chi connectivity index (χ0v) is 24.5. The number of nitrogens with zero attached hydrogens (tertiary/aromatic N) is 2. The van der Waals surface area contributed by atoms with Gasteiger partial charge in [0.25, 0.3) is 17.7 Å². The molecule has 6 nitrogen and oxygen atoms in total. The van der Waals surface area contributed by atoms with E-state index in [4.69, 9.17) is 62.7 Å². The predicted octanol–water partition coefficient (Wildman–Crippen LogP) is 8.19. The van der Waals surface area contributed by atoms with Gasteiger partial charge in [-0.2, -0.15) is 0 Å². The number of ether oxygens (including phenoxy) is 1. The molecular formula is C28H21Cl5N2O4. The largest absolute Gasteiger partial charge is 0.494 e. The molecule has 0 N–H and O–H groups in total. The number of anilines is 1. The minimum Gasteiger partial charge on any atom is -0.494 e. The molecule has 0 saturated carbocycles. The first-order valence-corrected chi connectivity index (χ1v) is 14.0. The van der Waals surface area contributed by atoms with E-state index in [0.717, 1.165) is 23.3 Å². The van der Waals surface area contributed by atoms with Crippen molar-refractivity contribution in [2.24, 2.45) is 0 Å². The first-order chi connectivity index (χ1) is 18.6. The molecule has 39 heavy (non-hydrogen) atoms. The average Bonchev–Trinajstić information content (AvgIpc) is 3.17. The maximum atomic E-state index is 13.7. The van der Waals surface area contributed by atoms with Crippen LogP contribution in [0.15, 0.2) is 42.5 Å². The summed E-state index contributed by atoms with van der Waals surface area (Å²) in [6.07, 6.45) is 1.92. The number of fused-ring (bicyclic) bond motifs is 1. The monoisotopic (exact) mass is 624 g/mol. The second-order valence-corrected chi connectivity index (χ2v) is 11.2. The third-order valence-corrected chi connectivity index (χ3v) is 9.11. The Balaban J connectivity index is 1.57. The number of carbonyl (C=O) groups is 3. The molecule has 0 spiro atoms. The third kappa shape index (κ3) is 4.56. The van der Waals surface area contributed by atoms with Gasteiger partial charge >= 0.3 is 0 Å². The van der Waals surface area contributed by atoms with E-state index in [9.17, 15) is 14.4 Å². The van der Waals surface area contributed by atoms with Gasteiger partial charge in [-0.25, -0.2) is 0 Å². The van der Waals surface area contributed by atoms with Crippen molar-refractivity contribution in [2.45, 2.75) is 38.8 Å². The first kappa shape index (κ1) is 28.1. The lowest BCUT2D eigenvalue weighted by Crippen LogP contribution is -2.67. The summed E-state index contributed by atoms with van der Waals surface area (Å²) in [4.78, 5) is 43.3. The molecule has 0 bridgehead atoms. The summed E-state index contributed by atoms with van der Waals surface area (Å²) < 4.78 is 5.78. The van der Waals surface area contributed by atoms with E-state index >= 15 is 0 Å². The van der Waals surface area contributed by atoms with Crippen molar-refractivity contribution >= 4 is 81.4 Å². The number of halogens is 5. The van der Waals surface area contributed by atoms with Crippen LogP contribution in [0.25, 0.3) is 0 Å². The first-order valence-electron chi connectivity index (χ1n) is 12.1. The van der Waals surface area contributed by atoms with E-state index in [1.54, 1.807) is 42.5 Å². The lowest BCUT2D eigenvalue weighted by Gasteiger charge is -2.49. The van der Waals surface area contributed by atoms with Gasteiger partial charge in [0.2, 0.25) is 0 Å². The van der Waals surface area contributed by atoms with Crippen molar-refractivity contribution in [3.05, 3.63) is 89.8 Å². The Kier molecular flexibility index (Phi) is 7.79. The quantitative estimate of drug-likeness (QED) is 0.0872. The number of benzene rings is 3. The van der Waals surface area contributed by atoms with Gasteiger partial charge in [0, 0.05) is 10.7 Å². The molecule has 3 amide bonds. The van der Waals surface area contributed by atoms with Gasteiger partial charge in [-0.15, -0.1) is 0 Å². The zero-order chi connectivity index (χ0) is 28.2. The Morgan fingerprint density at radius 3 is 1.90 bits per heavy atom. The van der Waals surface area contributed by atoms with Crippen LogP contribution in [0, 0.1) is 6.92 Å². The van der Waals surface area contributed by atoms with Crippen molar-refractivity contribution in [3.8, 4) is 5.75 Å². The van der Waals surface area contributed by atoms with Crippen molar-refractivity contribution < 1.29 is 19.1 Å². The summed E-state index contributed by atoms with van der Waals surface area (Å²) in [5.74, 6) is -1.35. The van der Waals surface area contributed by atoms with Crippen LogP contribution in [-0.4, -0.2) is 35.3 Å². The lowest BCUT2D eigenvalue weighted by molar-refractivity contribution is -0.130. The number of aryl methyl sites for hydroxylation is 1. The molecule has 0 unspecified atom stereocenters. The molecule has 3 aromatic carbocycles. The maximum absolute atomic E-state index is 13.7. The molecular weight excluding hydrogens is 606 g/mol. The van der Waals surface area contributed by atoms with Crippen molar-refractivity contribution in [3.63, 3.8) is 0 Å². The average molecular weight is 627 g/mol. The maximum Gasteiger partial charge on any atom is 0.264 e. The molecule has 0 radical (unpaired) electrons. The van der Waals surface area contributed by atoms with E-state index < -0.39 is 29.8 Å². The highest BCUT2D eigenvalue weighted by Gasteiger charge is 2.58. The van der Waals surface area contributed by atoms with Crippen LogP contribution in [-0.2, 0) is 4.79 Å². The van der Waals surface area contributed by atoms with E-state index in [-0.39, 0.29) is 31.2 Å². The molecule has 2 heterocycles. The van der Waals surface area contributed by atoms with Gasteiger partial charge in [-0.3, -0.25) is 19.3 Å². The molecule has 3 aromatic rings. The van der Waals surface area contributed by atoms with Crippen LogP contribution in [0.2, 0.25) is 25.1 Å². The second-order valence-electron chi connectivity index (χ2n) is 9.29. The molecule has 2 atom stereocenters. The fraction of sp³-hybridized carbons (Fsp3) is 0.250. The summed E-state index contributed by atoms with van der Waals surface area (Å²) in [5, 5.41) is -0.194. The number of amides is 3.